The third-order valence-corrected chi connectivity index (χ3v) is 5.56. The number of aliphatic hydroxyl groups is 2. The van der Waals surface area contributed by atoms with E-state index in [1.165, 1.54) is 5.39 Å². The number of aliphatic hydroxyl groups excluding tert-OH is 2. The van der Waals surface area contributed by atoms with E-state index in [1.54, 1.807) is 0 Å². The first-order valence-corrected chi connectivity index (χ1v) is 8.49. The van der Waals surface area contributed by atoms with Crippen LogP contribution >= 0.6 is 0 Å². The van der Waals surface area contributed by atoms with Crippen molar-refractivity contribution in [3.8, 4) is 0 Å². The van der Waals surface area contributed by atoms with Crippen molar-refractivity contribution >= 4 is 32.6 Å². The lowest BCUT2D eigenvalue weighted by Crippen LogP contribution is -2.29. The SMILES string of the molecule is O[C@@H]1[C@H]2O[C@H]2c2c(ccc3nc4ccc5ccccc5c4cc23)[C@H]1O. The van der Waals surface area contributed by atoms with Crippen molar-refractivity contribution in [2.45, 2.75) is 24.4 Å². The maximum atomic E-state index is 10.4. The van der Waals surface area contributed by atoms with Crippen LogP contribution < -0.4 is 0 Å². The van der Waals surface area contributed by atoms with Crippen LogP contribution in [0.15, 0.2) is 54.6 Å². The minimum absolute atomic E-state index is 0.147. The Morgan fingerprint density at radius 3 is 2.56 bits per heavy atom. The molecule has 0 unspecified atom stereocenters. The highest BCUT2D eigenvalue weighted by atomic mass is 16.6. The van der Waals surface area contributed by atoms with Crippen LogP contribution in [0.5, 0.6) is 0 Å². The first kappa shape index (κ1) is 13.7. The summed E-state index contributed by atoms with van der Waals surface area (Å²) < 4.78 is 5.66. The molecule has 25 heavy (non-hydrogen) atoms. The zero-order valence-corrected chi connectivity index (χ0v) is 13.3. The molecule has 6 rings (SSSR count). The predicted molar refractivity (Wildman–Crippen MR) is 95.3 cm³/mol. The van der Waals surface area contributed by atoms with Crippen LogP contribution in [0.3, 0.4) is 0 Å². The number of epoxide rings is 1. The second-order valence-electron chi connectivity index (χ2n) is 6.93. The highest BCUT2D eigenvalue weighted by Crippen LogP contribution is 2.53. The molecule has 122 valence electrons. The smallest absolute Gasteiger partial charge is 0.118 e. The van der Waals surface area contributed by atoms with E-state index < -0.39 is 12.2 Å². The molecule has 1 fully saturated rings. The Kier molecular flexibility index (Phi) is 2.50. The second kappa shape index (κ2) is 4.55. The molecule has 0 radical (unpaired) electrons. The van der Waals surface area contributed by atoms with E-state index in [1.807, 2.05) is 30.3 Å². The Morgan fingerprint density at radius 1 is 0.840 bits per heavy atom. The number of rotatable bonds is 0. The fraction of sp³-hybridized carbons (Fsp3) is 0.190. The summed E-state index contributed by atoms with van der Waals surface area (Å²) in [4.78, 5) is 4.83. The fourth-order valence-electron chi connectivity index (χ4n) is 4.25. The molecule has 2 aliphatic rings. The zero-order chi connectivity index (χ0) is 16.7. The third kappa shape index (κ3) is 1.74. The van der Waals surface area contributed by atoms with Crippen molar-refractivity contribution in [3.05, 3.63) is 65.7 Å². The summed E-state index contributed by atoms with van der Waals surface area (Å²) in [6, 6.07) is 18.3. The summed E-state index contributed by atoms with van der Waals surface area (Å²) in [5.41, 5.74) is 3.57. The molecule has 4 heteroatoms. The van der Waals surface area contributed by atoms with Crippen LogP contribution in [0.1, 0.15) is 23.3 Å². The minimum atomic E-state index is -0.911. The van der Waals surface area contributed by atoms with Gasteiger partial charge in [-0.2, -0.15) is 0 Å². The molecule has 0 spiro atoms. The van der Waals surface area contributed by atoms with Crippen LogP contribution in [0.25, 0.3) is 32.6 Å². The van der Waals surface area contributed by atoms with E-state index in [9.17, 15) is 10.2 Å². The van der Waals surface area contributed by atoms with Crippen LogP contribution in [-0.4, -0.2) is 27.4 Å². The molecule has 4 aromatic rings. The van der Waals surface area contributed by atoms with Gasteiger partial charge >= 0.3 is 0 Å². The fourth-order valence-corrected chi connectivity index (χ4v) is 4.25. The van der Waals surface area contributed by atoms with E-state index in [-0.39, 0.29) is 12.2 Å². The standard InChI is InChI=1S/C21H15NO3/c23-18-12-6-8-16-14(17(12)20-21(25-20)19(18)24)9-13-11-4-2-1-3-10(11)5-7-15(13)22-16/h1-9,18-21,23-24H/t18-,19+,20+,21-/m1/s1. The maximum absolute atomic E-state index is 10.4. The van der Waals surface area contributed by atoms with Gasteiger partial charge in [-0.15, -0.1) is 0 Å². The molecule has 1 aliphatic carbocycles. The number of benzene rings is 3. The quantitative estimate of drug-likeness (QED) is 0.295. The molecule has 4 atom stereocenters. The first-order chi connectivity index (χ1) is 12.2. The van der Waals surface area contributed by atoms with E-state index in [0.29, 0.717) is 0 Å². The highest BCUT2D eigenvalue weighted by molar-refractivity contribution is 6.10. The number of hydrogen-bond acceptors (Lipinski definition) is 4. The van der Waals surface area contributed by atoms with Crippen molar-refractivity contribution in [1.82, 2.24) is 4.98 Å². The summed E-state index contributed by atoms with van der Waals surface area (Å²) in [6.45, 7) is 0. The van der Waals surface area contributed by atoms with Gasteiger partial charge in [-0.05, 0) is 40.1 Å². The van der Waals surface area contributed by atoms with Gasteiger partial charge in [-0.25, -0.2) is 4.98 Å². The van der Waals surface area contributed by atoms with Crippen molar-refractivity contribution in [2.24, 2.45) is 0 Å². The zero-order valence-electron chi connectivity index (χ0n) is 13.3. The Morgan fingerprint density at radius 2 is 1.64 bits per heavy atom. The predicted octanol–water partition coefficient (Wildman–Crippen LogP) is 3.39. The number of aromatic nitrogens is 1. The molecule has 0 bridgehead atoms. The van der Waals surface area contributed by atoms with Gasteiger partial charge < -0.3 is 14.9 Å². The van der Waals surface area contributed by atoms with Crippen molar-refractivity contribution in [2.75, 3.05) is 0 Å². The van der Waals surface area contributed by atoms with Crippen LogP contribution in [0, 0.1) is 0 Å². The van der Waals surface area contributed by atoms with Gasteiger partial charge in [-0.1, -0.05) is 36.4 Å². The Labute approximate surface area is 143 Å². The molecule has 0 saturated carbocycles. The molecular formula is C21H15NO3. The molecule has 1 aliphatic heterocycles. The molecule has 4 nitrogen and oxygen atoms in total. The van der Waals surface area contributed by atoms with Gasteiger partial charge in [0.25, 0.3) is 0 Å². The lowest BCUT2D eigenvalue weighted by Gasteiger charge is -2.24. The number of hydrogen-bond donors (Lipinski definition) is 2. The molecule has 2 heterocycles. The third-order valence-electron chi connectivity index (χ3n) is 5.56. The van der Waals surface area contributed by atoms with Gasteiger partial charge in [0.1, 0.15) is 24.4 Å². The highest BCUT2D eigenvalue weighted by Gasteiger charge is 2.54. The van der Waals surface area contributed by atoms with E-state index in [2.05, 4.69) is 24.3 Å². The van der Waals surface area contributed by atoms with Gasteiger partial charge in [0, 0.05) is 10.8 Å². The molecule has 3 aromatic carbocycles. The molecule has 1 aromatic heterocycles. The maximum Gasteiger partial charge on any atom is 0.118 e. The Balaban J connectivity index is 1.75. The van der Waals surface area contributed by atoms with Gasteiger partial charge in [0.2, 0.25) is 0 Å². The minimum Gasteiger partial charge on any atom is -0.387 e. The molecule has 1 saturated heterocycles. The van der Waals surface area contributed by atoms with E-state index in [0.717, 1.165) is 38.3 Å². The normalized spacial score (nSPS) is 27.4. The lowest BCUT2D eigenvalue weighted by atomic mass is 9.85. The number of pyridine rings is 1. The summed E-state index contributed by atoms with van der Waals surface area (Å²) in [6.07, 6.45) is -2.22. The van der Waals surface area contributed by atoms with Crippen molar-refractivity contribution in [1.29, 1.82) is 0 Å². The summed E-state index contributed by atoms with van der Waals surface area (Å²) in [5, 5.41) is 25.0. The topological polar surface area (TPSA) is 65.9 Å². The number of fused-ring (bicyclic) bond motifs is 8. The summed E-state index contributed by atoms with van der Waals surface area (Å²) >= 11 is 0. The summed E-state index contributed by atoms with van der Waals surface area (Å²) in [5.74, 6) is 0. The van der Waals surface area contributed by atoms with Crippen LogP contribution in [0.4, 0.5) is 0 Å². The number of ether oxygens (including phenoxy) is 1. The Bertz CT molecular complexity index is 1190. The monoisotopic (exact) mass is 329 g/mol. The van der Waals surface area contributed by atoms with E-state index in [4.69, 9.17) is 9.72 Å². The Hall–Kier alpha value is -2.53. The average molecular weight is 329 g/mol. The lowest BCUT2D eigenvalue weighted by molar-refractivity contribution is 0.000104. The van der Waals surface area contributed by atoms with Crippen LogP contribution in [0.2, 0.25) is 0 Å². The van der Waals surface area contributed by atoms with Gasteiger partial charge in [0.05, 0.1) is 11.0 Å². The largest absolute Gasteiger partial charge is 0.387 e. The summed E-state index contributed by atoms with van der Waals surface area (Å²) in [7, 11) is 0. The molecule has 0 amide bonds. The van der Waals surface area contributed by atoms with Gasteiger partial charge in [-0.3, -0.25) is 0 Å². The van der Waals surface area contributed by atoms with E-state index >= 15 is 0 Å². The average Bonchev–Trinajstić information content (AvgIpc) is 3.44. The molecule has 2 N–H and O–H groups in total. The molecular weight excluding hydrogens is 314 g/mol. The number of nitrogens with zero attached hydrogens (tertiary/aromatic N) is 1. The van der Waals surface area contributed by atoms with Gasteiger partial charge in [0.15, 0.2) is 0 Å². The van der Waals surface area contributed by atoms with Crippen molar-refractivity contribution in [3.63, 3.8) is 0 Å². The second-order valence-corrected chi connectivity index (χ2v) is 6.93. The van der Waals surface area contributed by atoms with Crippen molar-refractivity contribution < 1.29 is 14.9 Å². The first-order valence-electron chi connectivity index (χ1n) is 8.49. The van der Waals surface area contributed by atoms with Crippen LogP contribution in [-0.2, 0) is 4.74 Å².